The molecule has 1 aliphatic rings. The van der Waals surface area contributed by atoms with Crippen molar-refractivity contribution in [2.75, 3.05) is 0 Å². The lowest BCUT2D eigenvalue weighted by molar-refractivity contribution is -0.608. The van der Waals surface area contributed by atoms with Gasteiger partial charge in [0.15, 0.2) is 6.20 Å². The lowest BCUT2D eigenvalue weighted by atomic mass is 9.89. The van der Waals surface area contributed by atoms with E-state index < -0.39 is 17.1 Å². The molecule has 2 aromatic rings. The van der Waals surface area contributed by atoms with Crippen LogP contribution >= 0.6 is 0 Å². The smallest absolute Gasteiger partial charge is 0.277 e. The van der Waals surface area contributed by atoms with Crippen molar-refractivity contribution >= 4 is 11.6 Å². The normalized spacial score (nSPS) is 13.1. The first-order valence-electron chi connectivity index (χ1n) is 5.97. The molecule has 0 radical (unpaired) electrons. The Hall–Kier alpha value is -2.76. The highest BCUT2D eigenvalue weighted by Crippen LogP contribution is 2.24. The molecule has 0 unspecified atom stereocenters. The summed E-state index contributed by atoms with van der Waals surface area (Å²) >= 11 is 0. The van der Waals surface area contributed by atoms with Crippen molar-refractivity contribution in [3.8, 4) is 0 Å². The Labute approximate surface area is 113 Å². The zero-order valence-corrected chi connectivity index (χ0v) is 10.8. The summed E-state index contributed by atoms with van der Waals surface area (Å²) in [5.41, 5.74) is 0.326. The van der Waals surface area contributed by atoms with Gasteiger partial charge in [-0.2, -0.15) is 4.73 Å². The molecule has 0 atom stereocenters. The van der Waals surface area contributed by atoms with Crippen LogP contribution in [0, 0.1) is 19.1 Å². The fraction of sp³-hybridized carbons (Fsp3) is 0.143. The number of aryl methyl sites for hydroxylation is 2. The van der Waals surface area contributed by atoms with E-state index >= 15 is 0 Å². The number of aromatic amines is 1. The summed E-state index contributed by atoms with van der Waals surface area (Å²) in [6, 6.07) is 2.89. The molecular weight excluding hydrogens is 260 g/mol. The molecule has 0 bridgehead atoms. The lowest BCUT2D eigenvalue weighted by Gasteiger charge is -2.16. The summed E-state index contributed by atoms with van der Waals surface area (Å²) in [4.78, 5) is 38.7. The van der Waals surface area contributed by atoms with Crippen LogP contribution in [0.3, 0.4) is 0 Å². The minimum atomic E-state index is -0.637. The highest BCUT2D eigenvalue weighted by atomic mass is 16.5. The largest absolute Gasteiger partial charge is 0.618 e. The fourth-order valence-electron chi connectivity index (χ4n) is 2.35. The van der Waals surface area contributed by atoms with Gasteiger partial charge in [0.05, 0.1) is 5.56 Å². The molecule has 0 saturated carbocycles. The van der Waals surface area contributed by atoms with Crippen molar-refractivity contribution in [3.05, 3.63) is 67.5 Å². The first-order valence-corrected chi connectivity index (χ1v) is 5.97. The molecule has 0 aliphatic heterocycles. The molecule has 0 spiro atoms. The van der Waals surface area contributed by atoms with E-state index in [9.17, 15) is 19.6 Å². The number of carbonyl (C=O) groups is 2. The molecule has 0 aromatic carbocycles. The van der Waals surface area contributed by atoms with Gasteiger partial charge in [-0.3, -0.25) is 14.4 Å². The van der Waals surface area contributed by atoms with E-state index in [1.54, 1.807) is 13.8 Å². The van der Waals surface area contributed by atoms with E-state index in [4.69, 9.17) is 0 Å². The maximum Gasteiger partial charge on any atom is 0.277 e. The second kappa shape index (κ2) is 3.86. The van der Waals surface area contributed by atoms with E-state index in [-0.39, 0.29) is 22.5 Å². The number of fused-ring (bicyclic) bond motifs is 2. The number of ketones is 2. The summed E-state index contributed by atoms with van der Waals surface area (Å²) < 4.78 is 0.381. The van der Waals surface area contributed by atoms with Crippen LogP contribution in [0.1, 0.15) is 43.2 Å². The molecule has 100 valence electrons. The lowest BCUT2D eigenvalue weighted by Crippen LogP contribution is -2.41. The Morgan fingerprint density at radius 2 is 1.75 bits per heavy atom. The highest BCUT2D eigenvalue weighted by molar-refractivity contribution is 6.26. The third-order valence-electron chi connectivity index (χ3n) is 3.33. The molecule has 2 heterocycles. The first kappa shape index (κ1) is 12.3. The second-order valence-corrected chi connectivity index (χ2v) is 4.83. The Balaban J connectivity index is 2.39. The first-order chi connectivity index (χ1) is 9.40. The molecule has 2 aromatic heterocycles. The van der Waals surface area contributed by atoms with E-state index in [0.717, 1.165) is 0 Å². The van der Waals surface area contributed by atoms with Crippen molar-refractivity contribution in [1.82, 2.24) is 4.98 Å². The average Bonchev–Trinajstić information content (AvgIpc) is 2.37. The molecule has 1 N–H and O–H groups in total. The Morgan fingerprint density at radius 3 is 2.45 bits per heavy atom. The third-order valence-corrected chi connectivity index (χ3v) is 3.33. The molecule has 0 amide bonds. The number of hydrogen-bond acceptors (Lipinski definition) is 4. The van der Waals surface area contributed by atoms with Gasteiger partial charge >= 0.3 is 0 Å². The van der Waals surface area contributed by atoms with Gasteiger partial charge in [0.2, 0.25) is 5.78 Å². The van der Waals surface area contributed by atoms with Crippen LogP contribution < -0.4 is 10.3 Å². The number of pyridine rings is 2. The number of nitrogens with zero attached hydrogens (tertiary/aromatic N) is 1. The second-order valence-electron chi connectivity index (χ2n) is 4.83. The van der Waals surface area contributed by atoms with Gasteiger partial charge in [0, 0.05) is 11.1 Å². The monoisotopic (exact) mass is 270 g/mol. The van der Waals surface area contributed by atoms with Crippen molar-refractivity contribution < 1.29 is 14.3 Å². The van der Waals surface area contributed by atoms with Gasteiger partial charge in [0.25, 0.3) is 17.0 Å². The number of nitrogens with one attached hydrogen (secondary N) is 1. The number of carbonyl (C=O) groups excluding carboxylic acids is 2. The maximum absolute atomic E-state index is 12.4. The van der Waals surface area contributed by atoms with Gasteiger partial charge in [-0.05, 0) is 26.0 Å². The summed E-state index contributed by atoms with van der Waals surface area (Å²) in [7, 11) is 0. The van der Waals surface area contributed by atoms with Gasteiger partial charge in [0.1, 0.15) is 11.3 Å². The topological polar surface area (TPSA) is 93.9 Å². The van der Waals surface area contributed by atoms with Crippen molar-refractivity contribution in [2.45, 2.75) is 13.8 Å². The molecule has 3 rings (SSSR count). The zero-order valence-electron chi connectivity index (χ0n) is 10.8. The Bertz CT molecular complexity index is 849. The average molecular weight is 270 g/mol. The van der Waals surface area contributed by atoms with Crippen LogP contribution in [0.25, 0.3) is 0 Å². The summed E-state index contributed by atoms with van der Waals surface area (Å²) in [5.74, 6) is -1.07. The molecular formula is C14H10N2O4. The van der Waals surface area contributed by atoms with E-state index in [1.807, 2.05) is 0 Å². The third kappa shape index (κ3) is 1.51. The number of rotatable bonds is 0. The number of H-pyrrole nitrogens is 1. The fourth-order valence-corrected chi connectivity index (χ4v) is 2.35. The quantitative estimate of drug-likeness (QED) is 0.472. The predicted octanol–water partition coefficient (Wildman–Crippen LogP) is 0.401. The summed E-state index contributed by atoms with van der Waals surface area (Å²) in [6.45, 7) is 3.22. The molecule has 0 fully saturated rings. The van der Waals surface area contributed by atoms with Crippen molar-refractivity contribution in [1.29, 1.82) is 0 Å². The Morgan fingerprint density at radius 1 is 1.05 bits per heavy atom. The minimum Gasteiger partial charge on any atom is -0.618 e. The van der Waals surface area contributed by atoms with Crippen LogP contribution in [0.4, 0.5) is 0 Å². The SMILES string of the molecule is Cc1cc2c([n+]([O-])c1)C(=O)c1[nH]c(=O)c(C)cc1C2=O. The predicted molar refractivity (Wildman–Crippen MR) is 68.8 cm³/mol. The summed E-state index contributed by atoms with van der Waals surface area (Å²) in [5, 5.41) is 11.9. The molecule has 6 heteroatoms. The standard InChI is InChI=1S/C14H10N2O4/c1-6-3-9-11(16(20)5-6)13(18)10-8(12(9)17)4-7(2)14(19)15-10/h3-5H,1-2H3,(H,15,19). The zero-order chi connectivity index (χ0) is 14.6. The Kier molecular flexibility index (Phi) is 2.37. The van der Waals surface area contributed by atoms with Crippen LogP contribution in [-0.4, -0.2) is 16.6 Å². The van der Waals surface area contributed by atoms with Gasteiger partial charge in [-0.25, -0.2) is 0 Å². The van der Waals surface area contributed by atoms with Crippen LogP contribution in [0.2, 0.25) is 0 Å². The van der Waals surface area contributed by atoms with Crippen LogP contribution in [-0.2, 0) is 0 Å². The van der Waals surface area contributed by atoms with E-state index in [2.05, 4.69) is 4.98 Å². The number of aromatic nitrogens is 2. The van der Waals surface area contributed by atoms with Crippen molar-refractivity contribution in [2.24, 2.45) is 0 Å². The van der Waals surface area contributed by atoms with E-state index in [1.165, 1.54) is 18.3 Å². The minimum absolute atomic E-state index is 0.0731. The molecule has 6 nitrogen and oxygen atoms in total. The highest BCUT2D eigenvalue weighted by Gasteiger charge is 2.37. The molecule has 0 saturated heterocycles. The molecule has 20 heavy (non-hydrogen) atoms. The summed E-state index contributed by atoms with van der Waals surface area (Å²) in [6.07, 6.45) is 1.22. The number of hydrogen-bond donors (Lipinski definition) is 1. The van der Waals surface area contributed by atoms with Gasteiger partial charge < -0.3 is 10.2 Å². The van der Waals surface area contributed by atoms with Crippen LogP contribution in [0.5, 0.6) is 0 Å². The van der Waals surface area contributed by atoms with Crippen LogP contribution in [0.15, 0.2) is 23.1 Å². The van der Waals surface area contributed by atoms with E-state index in [0.29, 0.717) is 15.9 Å². The van der Waals surface area contributed by atoms with Gasteiger partial charge in [-0.1, -0.05) is 0 Å². The molecule has 1 aliphatic carbocycles. The van der Waals surface area contributed by atoms with Crippen molar-refractivity contribution in [3.63, 3.8) is 0 Å². The van der Waals surface area contributed by atoms with Gasteiger partial charge in [-0.15, -0.1) is 0 Å². The maximum atomic E-state index is 12.4.